The molecule has 0 aromatic heterocycles. The van der Waals surface area contributed by atoms with Crippen molar-refractivity contribution >= 4 is 34.0 Å². The standard InChI is InChI=1S/C27H22ClNO/c1-27(2)23-9-5-6-10-24(23)29(26(30)19-13-15-22(28)16-14-19)25(27)21-12-11-18-7-3-4-8-20(18)17-21/h3-17,25H,1-2H3. The number of para-hydroxylation sites is 1. The fourth-order valence-corrected chi connectivity index (χ4v) is 4.87. The van der Waals surface area contributed by atoms with Crippen LogP contribution < -0.4 is 4.90 Å². The second kappa shape index (κ2) is 7.00. The van der Waals surface area contributed by atoms with Crippen LogP contribution in [-0.4, -0.2) is 5.91 Å². The average Bonchev–Trinajstić information content (AvgIpc) is 3.01. The lowest BCUT2D eigenvalue weighted by molar-refractivity contribution is 0.0971. The molecule has 1 aliphatic heterocycles. The smallest absolute Gasteiger partial charge is 0.258 e. The van der Waals surface area contributed by atoms with Crippen molar-refractivity contribution in [2.75, 3.05) is 4.90 Å². The van der Waals surface area contributed by atoms with Crippen molar-refractivity contribution < 1.29 is 4.79 Å². The van der Waals surface area contributed by atoms with Gasteiger partial charge in [0.15, 0.2) is 0 Å². The zero-order valence-electron chi connectivity index (χ0n) is 17.0. The molecule has 148 valence electrons. The van der Waals surface area contributed by atoms with Crippen molar-refractivity contribution in [1.29, 1.82) is 0 Å². The molecule has 1 unspecified atom stereocenters. The number of nitrogens with zero attached hydrogens (tertiary/aromatic N) is 1. The first-order valence-electron chi connectivity index (χ1n) is 10.1. The van der Waals surface area contributed by atoms with Gasteiger partial charge in [-0.2, -0.15) is 0 Å². The summed E-state index contributed by atoms with van der Waals surface area (Å²) in [4.78, 5) is 15.7. The second-order valence-electron chi connectivity index (χ2n) is 8.43. The van der Waals surface area contributed by atoms with Crippen LogP contribution in [0.1, 0.15) is 41.4 Å². The molecule has 0 bridgehead atoms. The average molecular weight is 412 g/mol. The molecule has 0 radical (unpaired) electrons. The predicted molar refractivity (Wildman–Crippen MR) is 124 cm³/mol. The van der Waals surface area contributed by atoms with Gasteiger partial charge in [0, 0.05) is 21.7 Å². The molecule has 1 aliphatic rings. The van der Waals surface area contributed by atoms with Crippen LogP contribution in [0.15, 0.2) is 91.0 Å². The Morgan fingerprint density at radius 1 is 0.833 bits per heavy atom. The number of rotatable bonds is 2. The van der Waals surface area contributed by atoms with Crippen molar-refractivity contribution in [3.05, 3.63) is 113 Å². The van der Waals surface area contributed by atoms with Crippen LogP contribution in [0.25, 0.3) is 10.8 Å². The zero-order valence-corrected chi connectivity index (χ0v) is 17.7. The lowest BCUT2D eigenvalue weighted by Crippen LogP contribution is -2.38. The molecule has 2 nitrogen and oxygen atoms in total. The molecule has 0 N–H and O–H groups in total. The molecule has 4 aromatic carbocycles. The minimum Gasteiger partial charge on any atom is -0.300 e. The van der Waals surface area contributed by atoms with Crippen LogP contribution in [0.3, 0.4) is 0 Å². The topological polar surface area (TPSA) is 20.3 Å². The molecule has 3 heteroatoms. The van der Waals surface area contributed by atoms with Gasteiger partial charge in [0.2, 0.25) is 0 Å². The van der Waals surface area contributed by atoms with Crippen molar-refractivity contribution in [2.45, 2.75) is 25.3 Å². The summed E-state index contributed by atoms with van der Waals surface area (Å²) >= 11 is 6.06. The fourth-order valence-electron chi connectivity index (χ4n) is 4.74. The Labute approximate surface area is 181 Å². The van der Waals surface area contributed by atoms with Crippen LogP contribution >= 0.6 is 11.6 Å². The summed E-state index contributed by atoms with van der Waals surface area (Å²) in [6.45, 7) is 4.45. The van der Waals surface area contributed by atoms with E-state index < -0.39 is 0 Å². The molecule has 0 saturated carbocycles. The highest BCUT2D eigenvalue weighted by atomic mass is 35.5. The third-order valence-corrected chi connectivity index (χ3v) is 6.45. The minimum absolute atomic E-state index is 0.0112. The van der Waals surface area contributed by atoms with E-state index in [1.165, 1.54) is 16.3 Å². The van der Waals surface area contributed by atoms with Gasteiger partial charge in [-0.1, -0.05) is 80.0 Å². The maximum atomic E-state index is 13.7. The number of carbonyl (C=O) groups is 1. The summed E-state index contributed by atoms with van der Waals surface area (Å²) in [6, 6.07) is 30.1. The van der Waals surface area contributed by atoms with Crippen LogP contribution in [0.4, 0.5) is 5.69 Å². The normalized spacial score (nSPS) is 17.2. The number of carbonyl (C=O) groups excluding carboxylic acids is 1. The third kappa shape index (κ3) is 2.91. The summed E-state index contributed by atoms with van der Waals surface area (Å²) < 4.78 is 0. The number of amides is 1. The lowest BCUT2D eigenvalue weighted by Gasteiger charge is -2.34. The quantitative estimate of drug-likeness (QED) is 0.342. The predicted octanol–water partition coefficient (Wildman–Crippen LogP) is 7.17. The van der Waals surface area contributed by atoms with Crippen molar-refractivity contribution in [3.63, 3.8) is 0 Å². The Balaban J connectivity index is 1.70. The van der Waals surface area contributed by atoms with Crippen molar-refractivity contribution in [1.82, 2.24) is 0 Å². The molecule has 0 fully saturated rings. The van der Waals surface area contributed by atoms with Gasteiger partial charge in [0.25, 0.3) is 5.91 Å². The molecule has 1 atom stereocenters. The van der Waals surface area contributed by atoms with E-state index >= 15 is 0 Å². The lowest BCUT2D eigenvalue weighted by atomic mass is 9.77. The van der Waals surface area contributed by atoms with Crippen LogP contribution in [0.2, 0.25) is 5.02 Å². The number of hydrogen-bond acceptors (Lipinski definition) is 1. The van der Waals surface area contributed by atoms with Gasteiger partial charge in [0.05, 0.1) is 6.04 Å². The second-order valence-corrected chi connectivity index (χ2v) is 8.87. The highest BCUT2D eigenvalue weighted by Crippen LogP contribution is 2.53. The van der Waals surface area contributed by atoms with E-state index in [4.69, 9.17) is 11.6 Å². The largest absolute Gasteiger partial charge is 0.300 e. The van der Waals surface area contributed by atoms with E-state index in [-0.39, 0.29) is 17.4 Å². The Bertz CT molecular complexity index is 1260. The molecule has 0 spiro atoms. The van der Waals surface area contributed by atoms with Gasteiger partial charge < -0.3 is 0 Å². The molecular weight excluding hydrogens is 390 g/mol. The van der Waals surface area contributed by atoms with Gasteiger partial charge in [-0.25, -0.2) is 0 Å². The Hall–Kier alpha value is -3.10. The summed E-state index contributed by atoms with van der Waals surface area (Å²) in [5.74, 6) is -0.0112. The van der Waals surface area contributed by atoms with E-state index in [1.807, 2.05) is 29.2 Å². The van der Waals surface area contributed by atoms with Gasteiger partial charge in [-0.15, -0.1) is 0 Å². The molecule has 1 amide bonds. The number of anilines is 1. The monoisotopic (exact) mass is 411 g/mol. The van der Waals surface area contributed by atoms with Crippen molar-refractivity contribution in [2.24, 2.45) is 0 Å². The number of hydrogen-bond donors (Lipinski definition) is 0. The minimum atomic E-state index is -0.235. The number of benzene rings is 4. The summed E-state index contributed by atoms with van der Waals surface area (Å²) in [7, 11) is 0. The number of fused-ring (bicyclic) bond motifs is 2. The SMILES string of the molecule is CC1(C)c2ccccc2N(C(=O)c2ccc(Cl)cc2)C1c1ccc2ccccc2c1. The molecule has 5 rings (SSSR count). The van der Waals surface area contributed by atoms with E-state index in [9.17, 15) is 4.79 Å². The Morgan fingerprint density at radius 3 is 2.27 bits per heavy atom. The summed E-state index contributed by atoms with van der Waals surface area (Å²) in [5, 5.41) is 3.01. The number of halogens is 1. The first kappa shape index (κ1) is 18.9. The zero-order chi connectivity index (χ0) is 20.9. The van der Waals surface area contributed by atoms with E-state index in [2.05, 4.69) is 56.3 Å². The maximum absolute atomic E-state index is 13.7. The molecule has 1 heterocycles. The molecular formula is C27H22ClNO. The fraction of sp³-hybridized carbons (Fsp3) is 0.148. The van der Waals surface area contributed by atoms with Crippen LogP contribution in [0, 0.1) is 0 Å². The van der Waals surface area contributed by atoms with Gasteiger partial charge in [-0.3, -0.25) is 9.69 Å². The van der Waals surface area contributed by atoms with E-state index in [0.717, 1.165) is 11.3 Å². The van der Waals surface area contributed by atoms with E-state index in [0.29, 0.717) is 10.6 Å². The third-order valence-electron chi connectivity index (χ3n) is 6.20. The van der Waals surface area contributed by atoms with E-state index in [1.54, 1.807) is 24.3 Å². The molecule has 4 aromatic rings. The van der Waals surface area contributed by atoms with Crippen LogP contribution in [0.5, 0.6) is 0 Å². The Kier molecular flexibility index (Phi) is 4.41. The molecule has 30 heavy (non-hydrogen) atoms. The van der Waals surface area contributed by atoms with Gasteiger partial charge in [0.1, 0.15) is 0 Å². The highest BCUT2D eigenvalue weighted by molar-refractivity contribution is 6.30. The maximum Gasteiger partial charge on any atom is 0.258 e. The first-order chi connectivity index (χ1) is 14.5. The van der Waals surface area contributed by atoms with Gasteiger partial charge >= 0.3 is 0 Å². The highest BCUT2D eigenvalue weighted by Gasteiger charge is 2.47. The summed E-state index contributed by atoms with van der Waals surface area (Å²) in [6.07, 6.45) is 0. The molecule has 0 saturated heterocycles. The van der Waals surface area contributed by atoms with Crippen LogP contribution in [-0.2, 0) is 5.41 Å². The van der Waals surface area contributed by atoms with Crippen molar-refractivity contribution in [3.8, 4) is 0 Å². The van der Waals surface area contributed by atoms with Gasteiger partial charge in [-0.05, 0) is 58.3 Å². The molecule has 0 aliphatic carbocycles. The summed E-state index contributed by atoms with van der Waals surface area (Å²) in [5.41, 5.74) is 3.70. The Morgan fingerprint density at radius 2 is 1.50 bits per heavy atom. The first-order valence-corrected chi connectivity index (χ1v) is 10.5.